The number of urea groups is 1. The SMILES string of the molecule is CCN1C(=O)N(Cc2ccccc2)C2(CCN(C(=O)C3CCC(=O)N3)CC2)C1=O. The molecular weight excluding hydrogens is 372 g/mol. The third-order valence-corrected chi connectivity index (χ3v) is 6.32. The number of nitrogens with one attached hydrogen (secondary N) is 1. The number of likely N-dealkylation sites (N-methyl/N-ethyl adjacent to an activating group) is 1. The van der Waals surface area contributed by atoms with Gasteiger partial charge in [0, 0.05) is 32.6 Å². The Morgan fingerprint density at radius 3 is 2.41 bits per heavy atom. The second-order valence-electron chi connectivity index (χ2n) is 7.92. The summed E-state index contributed by atoms with van der Waals surface area (Å²) in [6.07, 6.45) is 1.71. The predicted octanol–water partition coefficient (Wildman–Crippen LogP) is 1.11. The number of amides is 5. The number of hydrogen-bond acceptors (Lipinski definition) is 4. The van der Waals surface area contributed by atoms with Gasteiger partial charge in [0.05, 0.1) is 0 Å². The van der Waals surface area contributed by atoms with Gasteiger partial charge in [-0.2, -0.15) is 0 Å². The molecule has 0 aromatic heterocycles. The molecule has 8 heteroatoms. The molecule has 8 nitrogen and oxygen atoms in total. The van der Waals surface area contributed by atoms with Crippen molar-refractivity contribution >= 4 is 23.8 Å². The summed E-state index contributed by atoms with van der Waals surface area (Å²) in [5.74, 6) is -0.354. The Labute approximate surface area is 169 Å². The monoisotopic (exact) mass is 398 g/mol. The van der Waals surface area contributed by atoms with Gasteiger partial charge in [0.25, 0.3) is 5.91 Å². The molecule has 5 amide bonds. The zero-order valence-corrected chi connectivity index (χ0v) is 16.6. The fourth-order valence-corrected chi connectivity index (χ4v) is 4.65. The molecule has 0 aliphatic carbocycles. The van der Waals surface area contributed by atoms with Crippen LogP contribution in [0.3, 0.4) is 0 Å². The third-order valence-electron chi connectivity index (χ3n) is 6.32. The first-order chi connectivity index (χ1) is 14.0. The fraction of sp³-hybridized carbons (Fsp3) is 0.524. The Hall–Kier alpha value is -2.90. The van der Waals surface area contributed by atoms with E-state index in [2.05, 4.69) is 5.32 Å². The number of imide groups is 1. The van der Waals surface area contributed by atoms with Gasteiger partial charge in [-0.05, 0) is 31.7 Å². The normalized spacial score (nSPS) is 23.8. The molecule has 0 bridgehead atoms. The van der Waals surface area contributed by atoms with Crippen molar-refractivity contribution in [3.8, 4) is 0 Å². The zero-order chi connectivity index (χ0) is 20.6. The van der Waals surface area contributed by atoms with E-state index in [-0.39, 0.29) is 23.8 Å². The van der Waals surface area contributed by atoms with Crippen molar-refractivity contribution in [2.24, 2.45) is 0 Å². The van der Waals surface area contributed by atoms with E-state index in [4.69, 9.17) is 0 Å². The van der Waals surface area contributed by atoms with Crippen LogP contribution in [0.4, 0.5) is 4.79 Å². The smallest absolute Gasteiger partial charge is 0.327 e. The molecule has 1 atom stereocenters. The summed E-state index contributed by atoms with van der Waals surface area (Å²) in [4.78, 5) is 55.1. The van der Waals surface area contributed by atoms with Crippen LogP contribution in [0.5, 0.6) is 0 Å². The summed E-state index contributed by atoms with van der Waals surface area (Å²) in [5, 5.41) is 2.72. The average Bonchev–Trinajstić information content (AvgIpc) is 3.25. The van der Waals surface area contributed by atoms with Crippen molar-refractivity contribution in [2.75, 3.05) is 19.6 Å². The summed E-state index contributed by atoms with van der Waals surface area (Å²) in [6.45, 7) is 3.30. The highest BCUT2D eigenvalue weighted by Gasteiger charge is 2.57. The number of benzene rings is 1. The molecule has 3 fully saturated rings. The molecular formula is C21H26N4O4. The molecule has 4 rings (SSSR count). The van der Waals surface area contributed by atoms with Crippen LogP contribution in [0.2, 0.25) is 0 Å². The van der Waals surface area contributed by atoms with Gasteiger partial charge in [-0.1, -0.05) is 30.3 Å². The molecule has 1 N–H and O–H groups in total. The molecule has 154 valence electrons. The lowest BCUT2D eigenvalue weighted by Gasteiger charge is -2.42. The summed E-state index contributed by atoms with van der Waals surface area (Å²) < 4.78 is 0. The number of rotatable bonds is 4. The van der Waals surface area contributed by atoms with Crippen LogP contribution in [0.15, 0.2) is 30.3 Å². The van der Waals surface area contributed by atoms with E-state index in [1.165, 1.54) is 4.90 Å². The van der Waals surface area contributed by atoms with E-state index in [9.17, 15) is 19.2 Å². The van der Waals surface area contributed by atoms with Gasteiger partial charge >= 0.3 is 6.03 Å². The number of carbonyl (C=O) groups excluding carboxylic acids is 4. The quantitative estimate of drug-likeness (QED) is 0.770. The molecule has 3 aliphatic heterocycles. The van der Waals surface area contributed by atoms with Gasteiger partial charge in [-0.25, -0.2) is 4.79 Å². The fourth-order valence-electron chi connectivity index (χ4n) is 4.65. The number of carbonyl (C=O) groups is 4. The third kappa shape index (κ3) is 3.26. The Balaban J connectivity index is 1.53. The van der Waals surface area contributed by atoms with E-state index in [1.807, 2.05) is 30.3 Å². The van der Waals surface area contributed by atoms with Crippen molar-refractivity contribution in [3.63, 3.8) is 0 Å². The summed E-state index contributed by atoms with van der Waals surface area (Å²) in [7, 11) is 0. The first-order valence-electron chi connectivity index (χ1n) is 10.2. The lowest BCUT2D eigenvalue weighted by atomic mass is 9.85. The van der Waals surface area contributed by atoms with E-state index < -0.39 is 11.6 Å². The van der Waals surface area contributed by atoms with Crippen LogP contribution in [-0.2, 0) is 20.9 Å². The number of hydrogen-bond donors (Lipinski definition) is 1. The van der Waals surface area contributed by atoms with Crippen LogP contribution in [0.25, 0.3) is 0 Å². The molecule has 0 saturated carbocycles. The summed E-state index contributed by atoms with van der Waals surface area (Å²) in [5.41, 5.74) is 0.0664. The first-order valence-corrected chi connectivity index (χ1v) is 10.2. The van der Waals surface area contributed by atoms with Gasteiger partial charge in [0.15, 0.2) is 0 Å². The van der Waals surface area contributed by atoms with Gasteiger partial charge in [-0.3, -0.25) is 19.3 Å². The van der Waals surface area contributed by atoms with Crippen LogP contribution in [0, 0.1) is 0 Å². The number of piperidine rings is 1. The Bertz CT molecular complexity index is 832. The van der Waals surface area contributed by atoms with Gasteiger partial charge in [0.2, 0.25) is 11.8 Å². The Morgan fingerprint density at radius 1 is 1.14 bits per heavy atom. The Morgan fingerprint density at radius 2 is 1.83 bits per heavy atom. The largest absolute Gasteiger partial charge is 0.344 e. The summed E-state index contributed by atoms with van der Waals surface area (Å²) >= 11 is 0. The topological polar surface area (TPSA) is 90.0 Å². The molecule has 3 saturated heterocycles. The summed E-state index contributed by atoms with van der Waals surface area (Å²) in [6, 6.07) is 8.91. The van der Waals surface area contributed by atoms with E-state index >= 15 is 0 Å². The lowest BCUT2D eigenvalue weighted by molar-refractivity contribution is -0.142. The maximum Gasteiger partial charge on any atom is 0.327 e. The van der Waals surface area contributed by atoms with Crippen LogP contribution in [0.1, 0.15) is 38.2 Å². The molecule has 29 heavy (non-hydrogen) atoms. The maximum atomic E-state index is 13.2. The maximum absolute atomic E-state index is 13.2. The number of nitrogens with zero attached hydrogens (tertiary/aromatic N) is 3. The van der Waals surface area contributed by atoms with E-state index in [0.29, 0.717) is 51.9 Å². The molecule has 1 aromatic rings. The number of likely N-dealkylation sites (tertiary alicyclic amines) is 1. The lowest BCUT2D eigenvalue weighted by Crippen LogP contribution is -2.58. The van der Waals surface area contributed by atoms with Crippen LogP contribution in [-0.4, -0.2) is 69.7 Å². The van der Waals surface area contributed by atoms with Crippen LogP contribution >= 0.6 is 0 Å². The second-order valence-corrected chi connectivity index (χ2v) is 7.92. The minimum atomic E-state index is -0.904. The van der Waals surface area contributed by atoms with Gasteiger partial charge in [0.1, 0.15) is 11.6 Å². The van der Waals surface area contributed by atoms with Crippen molar-refractivity contribution in [1.82, 2.24) is 20.0 Å². The molecule has 1 spiro atoms. The first kappa shape index (κ1) is 19.4. The highest BCUT2D eigenvalue weighted by molar-refractivity contribution is 6.07. The second kappa shape index (κ2) is 7.50. The average molecular weight is 398 g/mol. The van der Waals surface area contributed by atoms with E-state index in [0.717, 1.165) is 5.56 Å². The van der Waals surface area contributed by atoms with Gasteiger partial charge < -0.3 is 15.1 Å². The van der Waals surface area contributed by atoms with Crippen molar-refractivity contribution < 1.29 is 19.2 Å². The minimum absolute atomic E-state index is 0.0931. The molecule has 1 unspecified atom stereocenters. The standard InChI is InChI=1S/C21H26N4O4/c1-2-24-19(28)21(25(20(24)29)14-15-6-4-3-5-7-15)10-12-23(13-11-21)18(27)16-8-9-17(26)22-16/h3-7,16H,2,8-14H2,1H3,(H,22,26). The van der Waals surface area contributed by atoms with Crippen molar-refractivity contribution in [3.05, 3.63) is 35.9 Å². The highest BCUT2D eigenvalue weighted by Crippen LogP contribution is 2.38. The van der Waals surface area contributed by atoms with Gasteiger partial charge in [-0.15, -0.1) is 0 Å². The van der Waals surface area contributed by atoms with Crippen molar-refractivity contribution in [2.45, 2.75) is 50.7 Å². The zero-order valence-electron chi connectivity index (χ0n) is 16.6. The van der Waals surface area contributed by atoms with Crippen LogP contribution < -0.4 is 5.32 Å². The van der Waals surface area contributed by atoms with Crippen molar-refractivity contribution in [1.29, 1.82) is 0 Å². The minimum Gasteiger partial charge on any atom is -0.344 e. The Kier molecular flexibility index (Phi) is 5.02. The molecule has 3 heterocycles. The van der Waals surface area contributed by atoms with E-state index in [1.54, 1.807) is 16.7 Å². The molecule has 3 aliphatic rings. The predicted molar refractivity (Wildman–Crippen MR) is 104 cm³/mol. The molecule has 0 radical (unpaired) electrons. The molecule has 1 aromatic carbocycles. The highest BCUT2D eigenvalue weighted by atomic mass is 16.2.